The SMILES string of the molecule is CCOC(=O)C1CCCN(C(=O)C2CCN(c3ccc4cccc(O)c4n3)CC2)C1. The first kappa shape index (κ1) is 20.4. The van der Waals surface area contributed by atoms with Gasteiger partial charge in [-0.3, -0.25) is 9.59 Å². The number of likely N-dealkylation sites (tertiary alicyclic amines) is 1. The molecule has 2 aliphatic rings. The number of pyridine rings is 1. The van der Waals surface area contributed by atoms with E-state index in [0.717, 1.165) is 56.5 Å². The second-order valence-electron chi connectivity index (χ2n) is 8.16. The number of phenols is 1. The minimum Gasteiger partial charge on any atom is -0.506 e. The van der Waals surface area contributed by atoms with Crippen LogP contribution in [0.3, 0.4) is 0 Å². The molecule has 1 unspecified atom stereocenters. The van der Waals surface area contributed by atoms with Crippen LogP contribution >= 0.6 is 0 Å². The average molecular weight is 412 g/mol. The molecular weight excluding hydrogens is 382 g/mol. The smallest absolute Gasteiger partial charge is 0.310 e. The number of rotatable bonds is 4. The molecule has 1 amide bonds. The van der Waals surface area contributed by atoms with Crippen LogP contribution in [-0.2, 0) is 14.3 Å². The summed E-state index contributed by atoms with van der Waals surface area (Å²) in [7, 11) is 0. The first-order valence-electron chi connectivity index (χ1n) is 10.9. The summed E-state index contributed by atoms with van der Waals surface area (Å²) in [6.07, 6.45) is 3.17. The largest absolute Gasteiger partial charge is 0.506 e. The summed E-state index contributed by atoms with van der Waals surface area (Å²) >= 11 is 0. The summed E-state index contributed by atoms with van der Waals surface area (Å²) in [5, 5.41) is 11.0. The quantitative estimate of drug-likeness (QED) is 0.779. The van der Waals surface area contributed by atoms with Crippen LogP contribution in [0.4, 0.5) is 5.82 Å². The van der Waals surface area contributed by atoms with Gasteiger partial charge < -0.3 is 19.6 Å². The molecule has 0 saturated carbocycles. The Hall–Kier alpha value is -2.83. The van der Waals surface area contributed by atoms with Gasteiger partial charge in [0.05, 0.1) is 12.5 Å². The van der Waals surface area contributed by atoms with E-state index in [0.29, 0.717) is 18.7 Å². The Morgan fingerprint density at radius 2 is 1.90 bits per heavy atom. The molecule has 0 aliphatic carbocycles. The standard InChI is InChI=1S/C23H29N3O4/c1-2-30-23(29)18-6-4-12-26(15-18)22(28)17-10-13-25(14-11-17)20-9-8-16-5-3-7-19(27)21(16)24-20/h3,5,7-9,17-18,27H,2,4,6,10-15H2,1H3. The van der Waals surface area contributed by atoms with Crippen molar-refractivity contribution in [2.24, 2.45) is 11.8 Å². The van der Waals surface area contributed by atoms with Crippen LogP contribution in [0.2, 0.25) is 0 Å². The lowest BCUT2D eigenvalue weighted by Crippen LogP contribution is -2.47. The molecule has 2 aliphatic heterocycles. The summed E-state index contributed by atoms with van der Waals surface area (Å²) in [5.41, 5.74) is 0.603. The summed E-state index contributed by atoms with van der Waals surface area (Å²) < 4.78 is 5.15. The summed E-state index contributed by atoms with van der Waals surface area (Å²) in [6.45, 7) is 4.88. The highest BCUT2D eigenvalue weighted by Crippen LogP contribution is 2.29. The van der Waals surface area contributed by atoms with Crippen molar-refractivity contribution in [2.75, 3.05) is 37.7 Å². The van der Waals surface area contributed by atoms with Gasteiger partial charge in [-0.05, 0) is 50.8 Å². The number of esters is 1. The van der Waals surface area contributed by atoms with Gasteiger partial charge in [0, 0.05) is 37.5 Å². The second-order valence-corrected chi connectivity index (χ2v) is 8.16. The molecule has 4 rings (SSSR count). The fourth-order valence-corrected chi connectivity index (χ4v) is 4.54. The molecule has 2 fully saturated rings. The Balaban J connectivity index is 1.37. The molecule has 1 aromatic carbocycles. The van der Waals surface area contributed by atoms with Gasteiger partial charge in [-0.25, -0.2) is 4.98 Å². The molecule has 0 bridgehead atoms. The van der Waals surface area contributed by atoms with Crippen molar-refractivity contribution in [1.82, 2.24) is 9.88 Å². The van der Waals surface area contributed by atoms with Crippen molar-refractivity contribution >= 4 is 28.6 Å². The van der Waals surface area contributed by atoms with Gasteiger partial charge in [-0.2, -0.15) is 0 Å². The van der Waals surface area contributed by atoms with Gasteiger partial charge in [0.2, 0.25) is 5.91 Å². The van der Waals surface area contributed by atoms with Crippen LogP contribution in [0.25, 0.3) is 10.9 Å². The Bertz CT molecular complexity index is 924. The van der Waals surface area contributed by atoms with Gasteiger partial charge in [0.1, 0.15) is 17.1 Å². The maximum atomic E-state index is 13.0. The Kier molecular flexibility index (Phi) is 6.06. The van der Waals surface area contributed by atoms with Gasteiger partial charge in [0.15, 0.2) is 0 Å². The number of hydrogen-bond donors (Lipinski definition) is 1. The normalized spacial score (nSPS) is 20.4. The van der Waals surface area contributed by atoms with E-state index >= 15 is 0 Å². The van der Waals surface area contributed by atoms with Crippen LogP contribution in [0, 0.1) is 11.8 Å². The lowest BCUT2D eigenvalue weighted by Gasteiger charge is -2.37. The zero-order valence-electron chi connectivity index (χ0n) is 17.4. The fourth-order valence-electron chi connectivity index (χ4n) is 4.54. The van der Waals surface area contributed by atoms with E-state index < -0.39 is 0 Å². The number of fused-ring (bicyclic) bond motifs is 1. The minimum absolute atomic E-state index is 0.0175. The third kappa shape index (κ3) is 4.20. The second kappa shape index (κ2) is 8.90. The monoisotopic (exact) mass is 411 g/mol. The number of amides is 1. The van der Waals surface area contributed by atoms with Crippen LogP contribution in [0.15, 0.2) is 30.3 Å². The van der Waals surface area contributed by atoms with E-state index in [1.54, 1.807) is 6.07 Å². The minimum atomic E-state index is -0.197. The van der Waals surface area contributed by atoms with Crippen LogP contribution in [0.5, 0.6) is 5.75 Å². The number of anilines is 1. The van der Waals surface area contributed by atoms with Gasteiger partial charge in [-0.15, -0.1) is 0 Å². The molecule has 1 aromatic heterocycles. The third-order valence-electron chi connectivity index (χ3n) is 6.21. The van der Waals surface area contributed by atoms with Crippen molar-refractivity contribution in [3.05, 3.63) is 30.3 Å². The predicted molar refractivity (Wildman–Crippen MR) is 114 cm³/mol. The number of carbonyl (C=O) groups is 2. The van der Waals surface area contributed by atoms with Crippen LogP contribution in [-0.4, -0.2) is 59.7 Å². The molecule has 1 atom stereocenters. The van der Waals surface area contributed by atoms with Crippen molar-refractivity contribution in [3.8, 4) is 5.75 Å². The van der Waals surface area contributed by atoms with Crippen LogP contribution < -0.4 is 4.90 Å². The maximum Gasteiger partial charge on any atom is 0.310 e. The molecule has 0 radical (unpaired) electrons. The first-order valence-corrected chi connectivity index (χ1v) is 10.9. The van der Waals surface area contributed by atoms with Crippen molar-refractivity contribution < 1.29 is 19.4 Å². The van der Waals surface area contributed by atoms with Crippen molar-refractivity contribution in [3.63, 3.8) is 0 Å². The number of aromatic hydroxyl groups is 1. The molecular formula is C23H29N3O4. The number of benzene rings is 1. The van der Waals surface area contributed by atoms with Crippen LogP contribution in [0.1, 0.15) is 32.6 Å². The van der Waals surface area contributed by atoms with E-state index in [1.807, 2.05) is 36.1 Å². The zero-order chi connectivity index (χ0) is 21.1. The number of hydrogen-bond acceptors (Lipinski definition) is 6. The highest BCUT2D eigenvalue weighted by Gasteiger charge is 2.34. The topological polar surface area (TPSA) is 83.0 Å². The van der Waals surface area contributed by atoms with E-state index in [2.05, 4.69) is 9.88 Å². The molecule has 0 spiro atoms. The Morgan fingerprint density at radius 1 is 1.10 bits per heavy atom. The molecule has 30 heavy (non-hydrogen) atoms. The van der Waals surface area contributed by atoms with Gasteiger partial charge in [-0.1, -0.05) is 12.1 Å². The summed E-state index contributed by atoms with van der Waals surface area (Å²) in [4.78, 5) is 33.8. The number of piperidine rings is 2. The molecule has 2 saturated heterocycles. The highest BCUT2D eigenvalue weighted by atomic mass is 16.5. The first-order chi connectivity index (χ1) is 14.6. The zero-order valence-corrected chi connectivity index (χ0v) is 17.4. The summed E-state index contributed by atoms with van der Waals surface area (Å²) in [6, 6.07) is 9.32. The Labute approximate surface area is 176 Å². The maximum absolute atomic E-state index is 13.0. The fraction of sp³-hybridized carbons (Fsp3) is 0.522. The average Bonchev–Trinajstić information content (AvgIpc) is 2.79. The summed E-state index contributed by atoms with van der Waals surface area (Å²) in [5.74, 6) is 0.771. The molecule has 2 aromatic rings. The highest BCUT2D eigenvalue weighted by molar-refractivity contribution is 5.85. The lowest BCUT2D eigenvalue weighted by molar-refractivity contribution is -0.152. The molecule has 3 heterocycles. The lowest BCUT2D eigenvalue weighted by atomic mass is 9.92. The Morgan fingerprint density at radius 3 is 2.67 bits per heavy atom. The third-order valence-corrected chi connectivity index (χ3v) is 6.21. The van der Waals surface area contributed by atoms with E-state index in [9.17, 15) is 14.7 Å². The van der Waals surface area contributed by atoms with E-state index in [-0.39, 0.29) is 29.5 Å². The van der Waals surface area contributed by atoms with E-state index in [1.165, 1.54) is 0 Å². The van der Waals surface area contributed by atoms with Gasteiger partial charge in [0.25, 0.3) is 0 Å². The number of nitrogens with zero attached hydrogens (tertiary/aromatic N) is 3. The molecule has 7 nitrogen and oxygen atoms in total. The molecule has 1 N–H and O–H groups in total. The molecule has 7 heteroatoms. The van der Waals surface area contributed by atoms with Crippen molar-refractivity contribution in [2.45, 2.75) is 32.6 Å². The predicted octanol–water partition coefficient (Wildman–Crippen LogP) is 2.96. The number of ether oxygens (including phenoxy) is 1. The van der Waals surface area contributed by atoms with E-state index in [4.69, 9.17) is 4.74 Å². The number of para-hydroxylation sites is 1. The number of carbonyl (C=O) groups excluding carboxylic acids is 2. The molecule has 160 valence electrons. The number of phenolic OH excluding ortho intramolecular Hbond substituents is 1. The number of aromatic nitrogens is 1. The van der Waals surface area contributed by atoms with Gasteiger partial charge >= 0.3 is 5.97 Å². The van der Waals surface area contributed by atoms with Crippen molar-refractivity contribution in [1.29, 1.82) is 0 Å².